The third-order valence-corrected chi connectivity index (χ3v) is 6.15. The number of fused-ring (bicyclic) bond motifs is 1. The number of hydrogen-bond donors (Lipinski definition) is 6. The van der Waals surface area contributed by atoms with Crippen LogP contribution in [0.5, 0.6) is 5.75 Å². The van der Waals surface area contributed by atoms with Gasteiger partial charge in [-0.25, -0.2) is 4.98 Å². The van der Waals surface area contributed by atoms with E-state index in [4.69, 9.17) is 27.9 Å². The van der Waals surface area contributed by atoms with Gasteiger partial charge in [-0.05, 0) is 31.0 Å². The van der Waals surface area contributed by atoms with Crippen molar-refractivity contribution >= 4 is 34.6 Å². The van der Waals surface area contributed by atoms with Crippen LogP contribution in [0.15, 0.2) is 30.3 Å². The smallest absolute Gasteiger partial charge is 0.235 e. The van der Waals surface area contributed by atoms with Crippen LogP contribution in [0.25, 0.3) is 10.9 Å². The van der Waals surface area contributed by atoms with Gasteiger partial charge in [-0.2, -0.15) is 15.0 Å². The van der Waals surface area contributed by atoms with E-state index in [9.17, 15) is 5.11 Å². The van der Waals surface area contributed by atoms with Crippen molar-refractivity contribution in [2.75, 3.05) is 41.3 Å². The van der Waals surface area contributed by atoms with E-state index in [1.165, 1.54) is 0 Å². The Morgan fingerprint density at radius 3 is 1.85 bits per heavy atom. The highest BCUT2D eigenvalue weighted by Crippen LogP contribution is 2.26. The van der Waals surface area contributed by atoms with Crippen LogP contribution in [0.1, 0.15) is 12.8 Å². The molecule has 34 heavy (non-hydrogen) atoms. The molecule has 0 spiro atoms. The Labute approximate surface area is 197 Å². The Bertz CT molecular complexity index is 1110. The number of pyridine rings is 1. The van der Waals surface area contributed by atoms with Gasteiger partial charge in [0.2, 0.25) is 17.8 Å². The minimum atomic E-state index is -0.0673. The largest absolute Gasteiger partial charge is 0.506 e. The third kappa shape index (κ3) is 4.80. The van der Waals surface area contributed by atoms with Crippen LogP contribution < -0.4 is 38.1 Å². The average molecular weight is 466 g/mol. The first kappa shape index (κ1) is 22.5. The summed E-state index contributed by atoms with van der Waals surface area (Å²) >= 11 is 0. The molecule has 2 fully saturated rings. The molecule has 0 radical (unpaired) electrons. The second-order valence-electron chi connectivity index (χ2n) is 9.25. The number of nitrogens with one attached hydrogen (secondary N) is 1. The first-order valence-electron chi connectivity index (χ1n) is 11.5. The van der Waals surface area contributed by atoms with Crippen molar-refractivity contribution in [3.8, 4) is 5.75 Å². The Balaban J connectivity index is 1.51. The second kappa shape index (κ2) is 9.14. The van der Waals surface area contributed by atoms with Crippen molar-refractivity contribution in [1.82, 2.24) is 19.9 Å². The van der Waals surface area contributed by atoms with Gasteiger partial charge in [-0.15, -0.1) is 0 Å². The fourth-order valence-corrected chi connectivity index (χ4v) is 4.69. The van der Waals surface area contributed by atoms with Crippen molar-refractivity contribution in [3.05, 3.63) is 30.3 Å². The molecule has 0 amide bonds. The summed E-state index contributed by atoms with van der Waals surface area (Å²) in [6, 6.07) is 8.68. The van der Waals surface area contributed by atoms with E-state index in [1.807, 2.05) is 28.0 Å². The van der Waals surface area contributed by atoms with Gasteiger partial charge < -0.3 is 43.2 Å². The summed E-state index contributed by atoms with van der Waals surface area (Å²) in [5, 5.41) is 14.2. The normalized spacial score (nSPS) is 25.5. The molecule has 3 aromatic rings. The quantitative estimate of drug-likeness (QED) is 0.292. The zero-order chi connectivity index (χ0) is 23.8. The zero-order valence-electron chi connectivity index (χ0n) is 18.9. The van der Waals surface area contributed by atoms with Crippen LogP contribution in [-0.2, 0) is 0 Å². The molecule has 0 unspecified atom stereocenters. The second-order valence-corrected chi connectivity index (χ2v) is 9.25. The molecule has 2 saturated heterocycles. The molecule has 0 saturated carbocycles. The number of para-hydroxylation sites is 1. The average Bonchev–Trinajstić information content (AvgIpc) is 2.78. The summed E-state index contributed by atoms with van der Waals surface area (Å²) in [5.74, 6) is 1.88. The number of hydrogen-bond acceptors (Lipinski definition) is 12. The van der Waals surface area contributed by atoms with E-state index in [0.717, 1.165) is 18.2 Å². The number of phenolic OH excluding ortho intramolecular Hbond substituents is 1. The van der Waals surface area contributed by atoms with Crippen molar-refractivity contribution < 1.29 is 5.11 Å². The SMILES string of the molecule is N[C@@H]1C[C@H](N)CN(c2nc(Nc3ccc4cccc(O)c4n3)nc(N3C[C@H](N)C[C@H](N)C3)n2)C1. The number of aromatic hydroxyl groups is 1. The minimum Gasteiger partial charge on any atom is -0.506 e. The molecule has 12 nitrogen and oxygen atoms in total. The van der Waals surface area contributed by atoms with Crippen LogP contribution in [0, 0.1) is 0 Å². The number of phenols is 1. The molecule has 4 heterocycles. The van der Waals surface area contributed by atoms with Crippen LogP contribution in [0.2, 0.25) is 0 Å². The molecule has 12 heteroatoms. The lowest BCUT2D eigenvalue weighted by Crippen LogP contribution is -2.54. The topological polar surface area (TPSA) is 194 Å². The monoisotopic (exact) mass is 465 g/mol. The highest BCUT2D eigenvalue weighted by atomic mass is 16.3. The summed E-state index contributed by atoms with van der Waals surface area (Å²) in [4.78, 5) is 22.5. The summed E-state index contributed by atoms with van der Waals surface area (Å²) in [6.07, 6.45) is 1.50. The molecule has 2 aromatic heterocycles. The first-order chi connectivity index (χ1) is 16.3. The fourth-order valence-electron chi connectivity index (χ4n) is 4.69. The van der Waals surface area contributed by atoms with Gasteiger partial charge in [0.05, 0.1) is 0 Å². The molecule has 0 bridgehead atoms. The molecule has 180 valence electrons. The van der Waals surface area contributed by atoms with Gasteiger partial charge in [0.25, 0.3) is 0 Å². The molecule has 2 aliphatic heterocycles. The number of benzene rings is 1. The van der Waals surface area contributed by atoms with E-state index in [2.05, 4.69) is 20.3 Å². The van der Waals surface area contributed by atoms with Gasteiger partial charge in [0.1, 0.15) is 17.1 Å². The molecule has 10 N–H and O–H groups in total. The van der Waals surface area contributed by atoms with E-state index >= 15 is 0 Å². The lowest BCUT2D eigenvalue weighted by molar-refractivity contribution is 0.441. The van der Waals surface area contributed by atoms with Gasteiger partial charge >= 0.3 is 0 Å². The van der Waals surface area contributed by atoms with Gasteiger partial charge in [-0.3, -0.25) is 0 Å². The predicted molar refractivity (Wildman–Crippen MR) is 132 cm³/mol. The van der Waals surface area contributed by atoms with Gasteiger partial charge in [-0.1, -0.05) is 12.1 Å². The number of nitrogens with zero attached hydrogens (tertiary/aromatic N) is 6. The maximum absolute atomic E-state index is 10.2. The summed E-state index contributed by atoms with van der Waals surface area (Å²) < 4.78 is 0. The maximum atomic E-state index is 10.2. The van der Waals surface area contributed by atoms with E-state index in [1.54, 1.807) is 12.1 Å². The Morgan fingerprint density at radius 1 is 0.735 bits per heavy atom. The predicted octanol–water partition coefficient (Wildman–Crippen LogP) is -0.402. The highest BCUT2D eigenvalue weighted by Gasteiger charge is 2.28. The lowest BCUT2D eigenvalue weighted by atomic mass is 10.0. The number of aromatic nitrogens is 4. The van der Waals surface area contributed by atoms with E-state index in [0.29, 0.717) is 55.4 Å². The minimum absolute atomic E-state index is 0.0673. The number of nitrogens with two attached hydrogens (primary N) is 4. The maximum Gasteiger partial charge on any atom is 0.235 e. The standard InChI is InChI=1S/C22H31N11O/c23-13-6-14(24)9-32(8-13)21-29-20(30-22(31-21)33-10-15(25)7-16(26)11-33)28-18-5-4-12-2-1-3-17(34)19(12)27-18/h1-5,13-16,34H,6-11,23-26H2,(H,27,28,29,30,31)/t13-,14+,15-,16+. The zero-order valence-corrected chi connectivity index (χ0v) is 18.9. The molecule has 4 atom stereocenters. The van der Waals surface area contributed by atoms with Gasteiger partial charge in [0, 0.05) is 55.7 Å². The molecule has 5 rings (SSSR count). The van der Waals surface area contributed by atoms with Crippen molar-refractivity contribution in [2.24, 2.45) is 22.9 Å². The van der Waals surface area contributed by atoms with Gasteiger partial charge in [0.15, 0.2) is 0 Å². The van der Waals surface area contributed by atoms with Crippen molar-refractivity contribution in [2.45, 2.75) is 37.0 Å². The number of rotatable bonds is 4. The van der Waals surface area contributed by atoms with Crippen molar-refractivity contribution in [1.29, 1.82) is 0 Å². The van der Waals surface area contributed by atoms with E-state index in [-0.39, 0.29) is 29.9 Å². The van der Waals surface area contributed by atoms with E-state index < -0.39 is 0 Å². The van der Waals surface area contributed by atoms with Crippen LogP contribution in [0.3, 0.4) is 0 Å². The van der Waals surface area contributed by atoms with Crippen LogP contribution in [0.4, 0.5) is 23.7 Å². The molecular weight excluding hydrogens is 434 g/mol. The van der Waals surface area contributed by atoms with Crippen LogP contribution in [-0.4, -0.2) is 75.4 Å². The Morgan fingerprint density at radius 2 is 1.29 bits per heavy atom. The highest BCUT2D eigenvalue weighted by molar-refractivity contribution is 5.85. The molecule has 2 aliphatic rings. The molecule has 0 aliphatic carbocycles. The van der Waals surface area contributed by atoms with Crippen molar-refractivity contribution in [3.63, 3.8) is 0 Å². The first-order valence-corrected chi connectivity index (χ1v) is 11.5. The number of piperidine rings is 2. The summed E-state index contributed by atoms with van der Waals surface area (Å²) in [6.45, 7) is 2.38. The number of anilines is 4. The molecular formula is C22H31N11O. The third-order valence-electron chi connectivity index (χ3n) is 6.15. The Kier molecular flexibility index (Phi) is 6.04. The fraction of sp³-hybridized carbons (Fsp3) is 0.455. The Hall–Kier alpha value is -3.32. The lowest BCUT2D eigenvalue weighted by Gasteiger charge is -2.36. The molecule has 1 aromatic carbocycles. The summed E-state index contributed by atoms with van der Waals surface area (Å²) in [5.41, 5.74) is 25.3. The van der Waals surface area contributed by atoms with Crippen LogP contribution >= 0.6 is 0 Å². The summed E-state index contributed by atoms with van der Waals surface area (Å²) in [7, 11) is 0.